The molecule has 4 nitrogen and oxygen atoms in total. The Morgan fingerprint density at radius 1 is 1.36 bits per heavy atom. The van der Waals surface area contributed by atoms with Gasteiger partial charge in [0.05, 0.1) is 6.20 Å². The molecule has 0 amide bonds. The molecule has 1 aliphatic carbocycles. The number of hydrogen-bond acceptors (Lipinski definition) is 3. The van der Waals surface area contributed by atoms with Crippen LogP contribution in [0.25, 0.3) is 5.57 Å². The molecular formula is C10H13N3O. The molecule has 0 spiro atoms. The highest BCUT2D eigenvalue weighted by Crippen LogP contribution is 2.22. The standard InChI is InChI=1S/C10H13N3O/c1-13-11-7-10(12-13)8-4-2-3-5-9(14)6-8/h6-7H,2-5H2,1H3. The predicted octanol–water partition coefficient (Wildman–Crippen LogP) is 1.34. The van der Waals surface area contributed by atoms with Crippen LogP contribution < -0.4 is 0 Å². The van der Waals surface area contributed by atoms with E-state index < -0.39 is 0 Å². The van der Waals surface area contributed by atoms with Gasteiger partial charge >= 0.3 is 0 Å². The Morgan fingerprint density at radius 3 is 2.86 bits per heavy atom. The third-order valence-electron chi connectivity index (χ3n) is 2.38. The van der Waals surface area contributed by atoms with Crippen LogP contribution in [0.15, 0.2) is 12.3 Å². The zero-order valence-corrected chi connectivity index (χ0v) is 8.23. The van der Waals surface area contributed by atoms with Crippen molar-refractivity contribution in [3.05, 3.63) is 18.0 Å². The lowest BCUT2D eigenvalue weighted by molar-refractivity contribution is -0.114. The fourth-order valence-electron chi connectivity index (χ4n) is 1.65. The van der Waals surface area contributed by atoms with Gasteiger partial charge in [-0.15, -0.1) is 0 Å². The number of allylic oxidation sites excluding steroid dienone is 2. The van der Waals surface area contributed by atoms with Crippen LogP contribution >= 0.6 is 0 Å². The molecule has 0 aromatic carbocycles. The Kier molecular flexibility index (Phi) is 2.43. The Hall–Kier alpha value is -1.45. The van der Waals surface area contributed by atoms with E-state index in [0.717, 1.165) is 30.5 Å². The van der Waals surface area contributed by atoms with E-state index >= 15 is 0 Å². The van der Waals surface area contributed by atoms with Crippen LogP contribution in [0.3, 0.4) is 0 Å². The third kappa shape index (κ3) is 1.89. The van der Waals surface area contributed by atoms with Crippen molar-refractivity contribution in [2.24, 2.45) is 7.05 Å². The van der Waals surface area contributed by atoms with Gasteiger partial charge in [0.25, 0.3) is 0 Å². The van der Waals surface area contributed by atoms with E-state index in [2.05, 4.69) is 10.2 Å². The van der Waals surface area contributed by atoms with Crippen LogP contribution in [0.4, 0.5) is 0 Å². The number of rotatable bonds is 1. The Labute approximate surface area is 82.6 Å². The summed E-state index contributed by atoms with van der Waals surface area (Å²) >= 11 is 0. The molecule has 0 saturated carbocycles. The highest BCUT2D eigenvalue weighted by atomic mass is 16.1. The topological polar surface area (TPSA) is 47.8 Å². The number of carbonyl (C=O) groups is 1. The van der Waals surface area contributed by atoms with E-state index in [1.807, 2.05) is 0 Å². The molecule has 2 rings (SSSR count). The summed E-state index contributed by atoms with van der Waals surface area (Å²) in [6.07, 6.45) is 7.09. The minimum absolute atomic E-state index is 0.211. The van der Waals surface area contributed by atoms with Crippen molar-refractivity contribution in [1.82, 2.24) is 15.0 Å². The highest BCUT2D eigenvalue weighted by molar-refractivity contribution is 5.96. The van der Waals surface area contributed by atoms with Gasteiger partial charge in [-0.05, 0) is 30.9 Å². The molecular weight excluding hydrogens is 178 g/mol. The highest BCUT2D eigenvalue weighted by Gasteiger charge is 2.12. The Balaban J connectivity index is 2.28. The van der Waals surface area contributed by atoms with Gasteiger partial charge in [-0.25, -0.2) is 0 Å². The lowest BCUT2D eigenvalue weighted by atomic mass is 10.1. The number of aryl methyl sites for hydroxylation is 1. The van der Waals surface area contributed by atoms with E-state index in [9.17, 15) is 4.79 Å². The van der Waals surface area contributed by atoms with Crippen LogP contribution in [-0.4, -0.2) is 20.8 Å². The molecule has 0 saturated heterocycles. The summed E-state index contributed by atoms with van der Waals surface area (Å²) in [5.74, 6) is 0.211. The lowest BCUT2D eigenvalue weighted by Gasteiger charge is -1.97. The van der Waals surface area contributed by atoms with Crippen molar-refractivity contribution in [2.45, 2.75) is 25.7 Å². The van der Waals surface area contributed by atoms with Gasteiger partial charge in [-0.3, -0.25) is 4.79 Å². The molecule has 1 aromatic heterocycles. The first kappa shape index (κ1) is 9.12. The maximum Gasteiger partial charge on any atom is 0.156 e. The number of hydrogen-bond donors (Lipinski definition) is 0. The zero-order chi connectivity index (χ0) is 9.97. The molecule has 0 unspecified atom stereocenters. The molecule has 0 radical (unpaired) electrons. The van der Waals surface area contributed by atoms with Crippen molar-refractivity contribution in [3.63, 3.8) is 0 Å². The van der Waals surface area contributed by atoms with E-state index in [1.165, 1.54) is 4.80 Å². The van der Waals surface area contributed by atoms with Crippen molar-refractivity contribution in [2.75, 3.05) is 0 Å². The number of aromatic nitrogens is 3. The van der Waals surface area contributed by atoms with Crippen LogP contribution in [0.1, 0.15) is 31.4 Å². The van der Waals surface area contributed by atoms with Crippen LogP contribution in [-0.2, 0) is 11.8 Å². The fraction of sp³-hybridized carbons (Fsp3) is 0.500. The maximum absolute atomic E-state index is 11.3. The summed E-state index contributed by atoms with van der Waals surface area (Å²) in [6, 6.07) is 0. The number of ketones is 1. The second-order valence-corrected chi connectivity index (χ2v) is 3.56. The van der Waals surface area contributed by atoms with Crippen molar-refractivity contribution >= 4 is 11.4 Å². The molecule has 0 atom stereocenters. The molecule has 14 heavy (non-hydrogen) atoms. The van der Waals surface area contributed by atoms with Crippen molar-refractivity contribution in [1.29, 1.82) is 0 Å². The van der Waals surface area contributed by atoms with Gasteiger partial charge in [-0.1, -0.05) is 0 Å². The average Bonchev–Trinajstić information content (AvgIpc) is 2.45. The first-order valence-corrected chi connectivity index (χ1v) is 4.86. The smallest absolute Gasteiger partial charge is 0.156 e. The first-order chi connectivity index (χ1) is 6.75. The molecule has 0 aliphatic heterocycles. The maximum atomic E-state index is 11.3. The van der Waals surface area contributed by atoms with Crippen molar-refractivity contribution in [3.8, 4) is 0 Å². The summed E-state index contributed by atoms with van der Waals surface area (Å²) < 4.78 is 0. The second kappa shape index (κ2) is 3.74. The Bertz CT molecular complexity index is 378. The molecule has 0 N–H and O–H groups in total. The summed E-state index contributed by atoms with van der Waals surface area (Å²) in [6.45, 7) is 0. The summed E-state index contributed by atoms with van der Waals surface area (Å²) in [5.41, 5.74) is 1.86. The number of nitrogens with zero attached hydrogens (tertiary/aromatic N) is 3. The zero-order valence-electron chi connectivity index (χ0n) is 8.23. The van der Waals surface area contributed by atoms with Crippen LogP contribution in [0, 0.1) is 0 Å². The molecule has 1 aliphatic rings. The van der Waals surface area contributed by atoms with Crippen LogP contribution in [0.5, 0.6) is 0 Å². The van der Waals surface area contributed by atoms with E-state index in [4.69, 9.17) is 0 Å². The monoisotopic (exact) mass is 191 g/mol. The van der Waals surface area contributed by atoms with Gasteiger partial charge in [-0.2, -0.15) is 15.0 Å². The van der Waals surface area contributed by atoms with E-state index in [-0.39, 0.29) is 5.78 Å². The largest absolute Gasteiger partial charge is 0.295 e. The minimum Gasteiger partial charge on any atom is -0.295 e. The molecule has 4 heteroatoms. The van der Waals surface area contributed by atoms with E-state index in [1.54, 1.807) is 19.3 Å². The molecule has 1 heterocycles. The number of carbonyl (C=O) groups excluding carboxylic acids is 1. The Morgan fingerprint density at radius 2 is 2.14 bits per heavy atom. The second-order valence-electron chi connectivity index (χ2n) is 3.56. The van der Waals surface area contributed by atoms with Gasteiger partial charge in [0.2, 0.25) is 0 Å². The first-order valence-electron chi connectivity index (χ1n) is 4.86. The summed E-state index contributed by atoms with van der Waals surface area (Å²) in [5, 5.41) is 8.20. The van der Waals surface area contributed by atoms with Crippen molar-refractivity contribution < 1.29 is 4.79 Å². The van der Waals surface area contributed by atoms with Gasteiger partial charge in [0.1, 0.15) is 5.69 Å². The summed E-state index contributed by atoms with van der Waals surface area (Å²) in [4.78, 5) is 12.9. The normalized spacial score (nSPS) is 17.8. The molecule has 1 aromatic rings. The predicted molar refractivity (Wildman–Crippen MR) is 52.5 cm³/mol. The summed E-state index contributed by atoms with van der Waals surface area (Å²) in [7, 11) is 1.78. The van der Waals surface area contributed by atoms with Gasteiger partial charge in [0.15, 0.2) is 5.78 Å². The quantitative estimate of drug-likeness (QED) is 0.673. The fourth-order valence-corrected chi connectivity index (χ4v) is 1.65. The molecule has 0 bridgehead atoms. The third-order valence-corrected chi connectivity index (χ3v) is 2.38. The van der Waals surface area contributed by atoms with Gasteiger partial charge < -0.3 is 0 Å². The SMILES string of the molecule is Cn1ncc(C2=CC(=O)CCCC2)n1. The average molecular weight is 191 g/mol. The van der Waals surface area contributed by atoms with Gasteiger partial charge in [0, 0.05) is 13.5 Å². The molecule has 74 valence electrons. The lowest BCUT2D eigenvalue weighted by Crippen LogP contribution is -1.94. The van der Waals surface area contributed by atoms with E-state index in [0.29, 0.717) is 6.42 Å². The molecule has 0 fully saturated rings. The minimum atomic E-state index is 0.211. The van der Waals surface area contributed by atoms with Crippen LogP contribution in [0.2, 0.25) is 0 Å².